The molecule has 0 bridgehead atoms. The molecule has 0 aliphatic heterocycles. The summed E-state index contributed by atoms with van der Waals surface area (Å²) in [6.45, 7) is 5.06. The van der Waals surface area contributed by atoms with Crippen molar-refractivity contribution in [3.8, 4) is 0 Å². The molecule has 0 heterocycles. The molecule has 1 aromatic rings. The molecule has 6 heteroatoms. The maximum absolute atomic E-state index is 12.0. The Morgan fingerprint density at radius 1 is 1.33 bits per heavy atom. The number of nitrogens with zero attached hydrogens (tertiary/aromatic N) is 1. The van der Waals surface area contributed by atoms with Gasteiger partial charge in [-0.25, -0.2) is 0 Å². The Morgan fingerprint density at radius 3 is 2.33 bits per heavy atom. The lowest BCUT2D eigenvalue weighted by Crippen LogP contribution is -2.51. The Hall–Kier alpha value is -1.40. The van der Waals surface area contributed by atoms with Gasteiger partial charge < -0.3 is 10.4 Å². The Balaban J connectivity index is 2.61. The second-order valence-electron chi connectivity index (χ2n) is 5.56. The average molecular weight is 357 g/mol. The number of carbonyl (C=O) groups is 2. The zero-order chi connectivity index (χ0) is 16.2. The van der Waals surface area contributed by atoms with E-state index in [1.54, 1.807) is 20.9 Å². The molecule has 0 fully saturated rings. The molecule has 0 spiro atoms. The third kappa shape index (κ3) is 4.82. The zero-order valence-electron chi connectivity index (χ0n) is 12.7. The van der Waals surface area contributed by atoms with Crippen LogP contribution in [0.5, 0.6) is 0 Å². The number of aliphatic carboxylic acids is 1. The maximum atomic E-state index is 12.0. The minimum Gasteiger partial charge on any atom is -0.480 e. The standard InChI is InChI=1S/C15H21BrN2O3/c1-10(11-5-7-12(16)8-6-11)17-13(19)9-18(4)15(2,3)14(20)21/h5-8,10H,9H2,1-4H3,(H,17,19)(H,20,21). The average Bonchev–Trinajstić information content (AvgIpc) is 2.38. The Labute approximate surface area is 133 Å². The highest BCUT2D eigenvalue weighted by molar-refractivity contribution is 9.10. The molecule has 0 saturated carbocycles. The van der Waals surface area contributed by atoms with Gasteiger partial charge in [-0.05, 0) is 45.5 Å². The zero-order valence-corrected chi connectivity index (χ0v) is 14.3. The number of nitrogens with one attached hydrogen (secondary N) is 1. The van der Waals surface area contributed by atoms with Crippen LogP contribution in [-0.2, 0) is 9.59 Å². The van der Waals surface area contributed by atoms with Crippen LogP contribution < -0.4 is 5.32 Å². The molecule has 21 heavy (non-hydrogen) atoms. The SMILES string of the molecule is CC(NC(=O)CN(C)C(C)(C)C(=O)O)c1ccc(Br)cc1. The summed E-state index contributed by atoms with van der Waals surface area (Å²) in [7, 11) is 1.62. The van der Waals surface area contributed by atoms with Crippen LogP contribution in [0.1, 0.15) is 32.4 Å². The van der Waals surface area contributed by atoms with Crippen LogP contribution in [0.2, 0.25) is 0 Å². The summed E-state index contributed by atoms with van der Waals surface area (Å²) in [5.74, 6) is -1.17. The molecule has 0 aromatic heterocycles. The van der Waals surface area contributed by atoms with E-state index in [2.05, 4.69) is 21.2 Å². The third-order valence-electron chi connectivity index (χ3n) is 3.61. The van der Waals surface area contributed by atoms with Crippen molar-refractivity contribution in [3.05, 3.63) is 34.3 Å². The van der Waals surface area contributed by atoms with Crippen LogP contribution in [0.15, 0.2) is 28.7 Å². The summed E-state index contributed by atoms with van der Waals surface area (Å²) >= 11 is 3.36. The summed E-state index contributed by atoms with van der Waals surface area (Å²) in [5.41, 5.74) is -0.0928. The van der Waals surface area contributed by atoms with Crippen molar-refractivity contribution in [2.24, 2.45) is 0 Å². The van der Waals surface area contributed by atoms with Crippen molar-refractivity contribution in [3.63, 3.8) is 0 Å². The molecule has 1 rings (SSSR count). The van der Waals surface area contributed by atoms with Crippen molar-refractivity contribution in [1.82, 2.24) is 10.2 Å². The van der Waals surface area contributed by atoms with Gasteiger partial charge in [0.25, 0.3) is 0 Å². The fourth-order valence-electron chi connectivity index (χ4n) is 1.70. The fourth-order valence-corrected chi connectivity index (χ4v) is 1.96. The molecule has 2 N–H and O–H groups in total. The minimum atomic E-state index is -1.09. The number of carbonyl (C=O) groups excluding carboxylic acids is 1. The summed E-state index contributed by atoms with van der Waals surface area (Å²) in [5, 5.41) is 12.0. The van der Waals surface area contributed by atoms with E-state index in [-0.39, 0.29) is 18.5 Å². The molecule has 0 aliphatic carbocycles. The highest BCUT2D eigenvalue weighted by Crippen LogP contribution is 2.17. The third-order valence-corrected chi connectivity index (χ3v) is 4.13. The van der Waals surface area contributed by atoms with Gasteiger partial charge in [0.05, 0.1) is 12.6 Å². The van der Waals surface area contributed by atoms with Gasteiger partial charge in [0.2, 0.25) is 5.91 Å². The molecule has 0 saturated heterocycles. The van der Waals surface area contributed by atoms with Crippen molar-refractivity contribution >= 4 is 27.8 Å². The molecule has 1 atom stereocenters. The number of halogens is 1. The maximum Gasteiger partial charge on any atom is 0.323 e. The number of carboxylic acids is 1. The van der Waals surface area contributed by atoms with E-state index in [1.807, 2.05) is 31.2 Å². The fraction of sp³-hybridized carbons (Fsp3) is 0.467. The summed E-state index contributed by atoms with van der Waals surface area (Å²) in [6.07, 6.45) is 0. The lowest BCUT2D eigenvalue weighted by molar-refractivity contribution is -0.149. The quantitative estimate of drug-likeness (QED) is 0.821. The number of amides is 1. The monoisotopic (exact) mass is 356 g/mol. The first kappa shape index (κ1) is 17.7. The van der Waals surface area contributed by atoms with E-state index in [4.69, 9.17) is 5.11 Å². The molecule has 1 aromatic carbocycles. The van der Waals surface area contributed by atoms with Gasteiger partial charge in [-0.3, -0.25) is 14.5 Å². The summed E-state index contributed by atoms with van der Waals surface area (Å²) in [4.78, 5) is 24.7. The number of rotatable bonds is 6. The normalized spacial score (nSPS) is 13.0. The molecule has 0 aliphatic rings. The Kier molecular flexibility index (Phi) is 5.92. The Bertz CT molecular complexity index is 514. The van der Waals surface area contributed by atoms with E-state index in [9.17, 15) is 9.59 Å². The first-order valence-electron chi connectivity index (χ1n) is 6.64. The van der Waals surface area contributed by atoms with Gasteiger partial charge in [0.1, 0.15) is 5.54 Å². The number of hydrogen-bond donors (Lipinski definition) is 2. The van der Waals surface area contributed by atoms with Crippen LogP contribution >= 0.6 is 15.9 Å². The van der Waals surface area contributed by atoms with Crippen LogP contribution in [0.25, 0.3) is 0 Å². The van der Waals surface area contributed by atoms with Crippen LogP contribution in [-0.4, -0.2) is 41.0 Å². The van der Waals surface area contributed by atoms with Gasteiger partial charge in [-0.1, -0.05) is 28.1 Å². The molecular formula is C15H21BrN2O3. The number of hydrogen-bond acceptors (Lipinski definition) is 3. The first-order valence-corrected chi connectivity index (χ1v) is 7.43. The lowest BCUT2D eigenvalue weighted by Gasteiger charge is -2.31. The Morgan fingerprint density at radius 2 is 1.86 bits per heavy atom. The van der Waals surface area contributed by atoms with Gasteiger partial charge >= 0.3 is 5.97 Å². The topological polar surface area (TPSA) is 69.6 Å². The largest absolute Gasteiger partial charge is 0.480 e. The van der Waals surface area contributed by atoms with E-state index in [0.29, 0.717) is 0 Å². The van der Waals surface area contributed by atoms with E-state index >= 15 is 0 Å². The van der Waals surface area contributed by atoms with Crippen molar-refractivity contribution in [2.75, 3.05) is 13.6 Å². The van der Waals surface area contributed by atoms with Crippen molar-refractivity contribution in [1.29, 1.82) is 0 Å². The predicted molar refractivity (Wildman–Crippen MR) is 85.0 cm³/mol. The van der Waals surface area contributed by atoms with Crippen molar-refractivity contribution in [2.45, 2.75) is 32.4 Å². The molecule has 1 unspecified atom stereocenters. The van der Waals surface area contributed by atoms with E-state index in [0.717, 1.165) is 10.0 Å². The molecule has 116 valence electrons. The summed E-state index contributed by atoms with van der Waals surface area (Å²) in [6, 6.07) is 7.56. The second-order valence-corrected chi connectivity index (χ2v) is 6.48. The highest BCUT2D eigenvalue weighted by atomic mass is 79.9. The molecule has 0 radical (unpaired) electrons. The number of benzene rings is 1. The van der Waals surface area contributed by atoms with Gasteiger partial charge in [-0.2, -0.15) is 0 Å². The van der Waals surface area contributed by atoms with Gasteiger partial charge in [0, 0.05) is 4.47 Å². The minimum absolute atomic E-state index is 0.0279. The molecule has 5 nitrogen and oxygen atoms in total. The van der Waals surface area contributed by atoms with E-state index < -0.39 is 11.5 Å². The predicted octanol–water partition coefficient (Wildman–Crippen LogP) is 2.42. The highest BCUT2D eigenvalue weighted by Gasteiger charge is 2.33. The summed E-state index contributed by atoms with van der Waals surface area (Å²) < 4.78 is 0.979. The van der Waals surface area contributed by atoms with Crippen LogP contribution in [0.3, 0.4) is 0 Å². The van der Waals surface area contributed by atoms with Crippen LogP contribution in [0, 0.1) is 0 Å². The van der Waals surface area contributed by atoms with Gasteiger partial charge in [-0.15, -0.1) is 0 Å². The second kappa shape index (κ2) is 7.04. The molecular weight excluding hydrogens is 336 g/mol. The lowest BCUT2D eigenvalue weighted by atomic mass is 10.0. The van der Waals surface area contributed by atoms with Crippen molar-refractivity contribution < 1.29 is 14.7 Å². The van der Waals surface area contributed by atoms with Crippen LogP contribution in [0.4, 0.5) is 0 Å². The first-order chi connectivity index (χ1) is 9.64. The molecule has 1 amide bonds. The van der Waals surface area contributed by atoms with E-state index in [1.165, 1.54) is 4.90 Å². The van der Waals surface area contributed by atoms with Gasteiger partial charge in [0.15, 0.2) is 0 Å². The smallest absolute Gasteiger partial charge is 0.323 e. The number of likely N-dealkylation sites (N-methyl/N-ethyl adjacent to an activating group) is 1. The number of carboxylic acid groups (broad SMARTS) is 1.